The maximum atomic E-state index is 8.74. The SMILES string of the molecule is CCCCCNC(C)(C)C.O=[PH](O)O. The molecule has 0 spiro atoms. The summed E-state index contributed by atoms with van der Waals surface area (Å²) in [4.78, 5) is 14.3. The third-order valence-electron chi connectivity index (χ3n) is 1.44. The van der Waals surface area contributed by atoms with E-state index in [1.54, 1.807) is 0 Å². The molecule has 5 heteroatoms. The lowest BCUT2D eigenvalue weighted by molar-refractivity contribution is 0.405. The van der Waals surface area contributed by atoms with Crippen molar-refractivity contribution in [3.8, 4) is 0 Å². The molecule has 0 fully saturated rings. The molecule has 0 aromatic carbocycles. The summed E-state index contributed by atoms with van der Waals surface area (Å²) in [5, 5.41) is 3.46. The van der Waals surface area contributed by atoms with E-state index in [1.807, 2.05) is 0 Å². The summed E-state index contributed by atoms with van der Waals surface area (Å²) in [5.41, 5.74) is 0.299. The summed E-state index contributed by atoms with van der Waals surface area (Å²) < 4.78 is 8.74. The Hall–Kier alpha value is 0.110. The Morgan fingerprint density at radius 2 is 1.64 bits per heavy atom. The van der Waals surface area contributed by atoms with Gasteiger partial charge in [-0.2, -0.15) is 0 Å². The van der Waals surface area contributed by atoms with Gasteiger partial charge in [-0.15, -0.1) is 0 Å². The molecular formula is C9H24NO3P. The van der Waals surface area contributed by atoms with Crippen LogP contribution in [0.3, 0.4) is 0 Å². The second-order valence-corrected chi connectivity index (χ2v) is 4.73. The predicted octanol–water partition coefficient (Wildman–Crippen LogP) is 1.93. The van der Waals surface area contributed by atoms with Gasteiger partial charge in [-0.25, -0.2) is 0 Å². The zero-order valence-electron chi connectivity index (χ0n) is 9.63. The fourth-order valence-corrected chi connectivity index (χ4v) is 0.838. The molecule has 0 saturated heterocycles. The van der Waals surface area contributed by atoms with Crippen LogP contribution in [0.2, 0.25) is 0 Å². The maximum absolute atomic E-state index is 8.74. The molecular weight excluding hydrogens is 201 g/mol. The lowest BCUT2D eigenvalue weighted by Gasteiger charge is -2.20. The second-order valence-electron chi connectivity index (χ2n) is 4.17. The van der Waals surface area contributed by atoms with Gasteiger partial charge < -0.3 is 15.1 Å². The van der Waals surface area contributed by atoms with Gasteiger partial charge in [0.05, 0.1) is 0 Å². The largest absolute Gasteiger partial charge is 0.326 e. The van der Waals surface area contributed by atoms with Crippen LogP contribution < -0.4 is 5.32 Å². The topological polar surface area (TPSA) is 69.6 Å². The predicted molar refractivity (Wildman–Crippen MR) is 60.7 cm³/mol. The molecule has 0 aliphatic heterocycles. The summed E-state index contributed by atoms with van der Waals surface area (Å²) in [6.45, 7) is 10.0. The minimum absolute atomic E-state index is 0.299. The smallest absolute Gasteiger partial charge is 0.314 e. The Labute approximate surface area is 87.7 Å². The van der Waals surface area contributed by atoms with E-state index in [-0.39, 0.29) is 0 Å². The first-order valence-electron chi connectivity index (χ1n) is 4.96. The van der Waals surface area contributed by atoms with Gasteiger partial charge >= 0.3 is 8.25 Å². The molecule has 0 bridgehead atoms. The van der Waals surface area contributed by atoms with Crippen LogP contribution >= 0.6 is 8.25 Å². The highest BCUT2D eigenvalue weighted by Gasteiger charge is 2.06. The van der Waals surface area contributed by atoms with Crippen molar-refractivity contribution in [2.75, 3.05) is 6.54 Å². The first-order chi connectivity index (χ1) is 6.29. The van der Waals surface area contributed by atoms with E-state index in [4.69, 9.17) is 14.4 Å². The summed E-state index contributed by atoms with van der Waals surface area (Å²) in [6, 6.07) is 0. The molecule has 4 nitrogen and oxygen atoms in total. The van der Waals surface area contributed by atoms with Gasteiger partial charge in [0, 0.05) is 5.54 Å². The van der Waals surface area contributed by atoms with Gasteiger partial charge in [0.25, 0.3) is 0 Å². The first kappa shape index (κ1) is 16.5. The Morgan fingerprint density at radius 1 is 1.21 bits per heavy atom. The van der Waals surface area contributed by atoms with Gasteiger partial charge in [-0.3, -0.25) is 4.57 Å². The highest BCUT2D eigenvalue weighted by atomic mass is 31.1. The third-order valence-corrected chi connectivity index (χ3v) is 1.44. The Balaban J connectivity index is 0. The highest BCUT2D eigenvalue weighted by molar-refractivity contribution is 7.30. The molecule has 0 saturated carbocycles. The van der Waals surface area contributed by atoms with Crippen LogP contribution in [-0.4, -0.2) is 21.9 Å². The molecule has 0 aliphatic carbocycles. The van der Waals surface area contributed by atoms with Gasteiger partial charge in [0.2, 0.25) is 0 Å². The van der Waals surface area contributed by atoms with E-state index in [2.05, 4.69) is 33.0 Å². The van der Waals surface area contributed by atoms with Gasteiger partial charge in [0.1, 0.15) is 0 Å². The quantitative estimate of drug-likeness (QED) is 0.505. The van der Waals surface area contributed by atoms with Gasteiger partial charge in [-0.1, -0.05) is 19.8 Å². The van der Waals surface area contributed by atoms with Crippen LogP contribution in [0.4, 0.5) is 0 Å². The Bertz CT molecular complexity index is 141. The summed E-state index contributed by atoms with van der Waals surface area (Å²) >= 11 is 0. The molecule has 0 unspecified atom stereocenters. The minimum atomic E-state index is -3.13. The van der Waals surface area contributed by atoms with E-state index in [0.29, 0.717) is 5.54 Å². The zero-order chi connectivity index (χ0) is 11.6. The Morgan fingerprint density at radius 3 is 1.93 bits per heavy atom. The number of rotatable bonds is 4. The molecule has 0 aliphatic rings. The van der Waals surface area contributed by atoms with Crippen LogP contribution in [0.25, 0.3) is 0 Å². The van der Waals surface area contributed by atoms with Crippen LogP contribution in [0.5, 0.6) is 0 Å². The Kier molecular flexibility index (Phi) is 11.4. The van der Waals surface area contributed by atoms with Crippen LogP contribution in [0.1, 0.15) is 47.0 Å². The highest BCUT2D eigenvalue weighted by Crippen LogP contribution is 1.99. The number of hydrogen-bond acceptors (Lipinski definition) is 2. The van der Waals surface area contributed by atoms with Crippen molar-refractivity contribution in [2.45, 2.75) is 52.5 Å². The monoisotopic (exact) mass is 225 g/mol. The summed E-state index contributed by atoms with van der Waals surface area (Å²) in [5.74, 6) is 0. The van der Waals surface area contributed by atoms with Crippen molar-refractivity contribution in [1.29, 1.82) is 0 Å². The van der Waals surface area contributed by atoms with Crippen molar-refractivity contribution < 1.29 is 14.4 Å². The summed E-state index contributed by atoms with van der Waals surface area (Å²) in [6.07, 6.45) is 3.97. The molecule has 0 rings (SSSR count). The standard InChI is InChI=1S/C9H21N.H3O3P/c1-5-6-7-8-10-9(2,3)4;1-4(2)3/h10H,5-8H2,1-4H3;4H,(H2,1,2,3). The van der Waals surface area contributed by atoms with E-state index >= 15 is 0 Å². The molecule has 88 valence electrons. The molecule has 0 heterocycles. The fourth-order valence-electron chi connectivity index (χ4n) is 0.838. The van der Waals surface area contributed by atoms with E-state index in [0.717, 1.165) is 6.54 Å². The normalized spacial score (nSPS) is 11.1. The van der Waals surface area contributed by atoms with Crippen molar-refractivity contribution in [3.63, 3.8) is 0 Å². The summed E-state index contributed by atoms with van der Waals surface area (Å²) in [7, 11) is -3.13. The van der Waals surface area contributed by atoms with Gasteiger partial charge in [0.15, 0.2) is 0 Å². The van der Waals surface area contributed by atoms with Crippen LogP contribution in [-0.2, 0) is 4.57 Å². The number of unbranched alkanes of at least 4 members (excludes halogenated alkanes) is 2. The van der Waals surface area contributed by atoms with Crippen LogP contribution in [0, 0.1) is 0 Å². The lowest BCUT2D eigenvalue weighted by Crippen LogP contribution is -2.36. The average molecular weight is 225 g/mol. The first-order valence-corrected chi connectivity index (χ1v) is 6.26. The van der Waals surface area contributed by atoms with Gasteiger partial charge in [-0.05, 0) is 33.7 Å². The second kappa shape index (κ2) is 9.66. The van der Waals surface area contributed by atoms with Crippen molar-refractivity contribution >= 4 is 8.25 Å². The van der Waals surface area contributed by atoms with Crippen molar-refractivity contribution in [2.24, 2.45) is 0 Å². The zero-order valence-corrected chi connectivity index (χ0v) is 10.6. The molecule has 0 amide bonds. The fraction of sp³-hybridized carbons (Fsp3) is 1.00. The lowest BCUT2D eigenvalue weighted by atomic mass is 10.1. The molecule has 0 aromatic heterocycles. The van der Waals surface area contributed by atoms with Crippen molar-refractivity contribution in [3.05, 3.63) is 0 Å². The molecule has 3 N–H and O–H groups in total. The number of hydrogen-bond donors (Lipinski definition) is 3. The molecule has 0 aromatic rings. The molecule has 0 atom stereocenters. The van der Waals surface area contributed by atoms with Crippen molar-refractivity contribution in [1.82, 2.24) is 5.32 Å². The van der Waals surface area contributed by atoms with E-state index in [1.165, 1.54) is 19.3 Å². The molecule has 14 heavy (non-hydrogen) atoms. The van der Waals surface area contributed by atoms with E-state index < -0.39 is 8.25 Å². The minimum Gasteiger partial charge on any atom is -0.326 e. The average Bonchev–Trinajstić information content (AvgIpc) is 1.95. The van der Waals surface area contributed by atoms with Crippen LogP contribution in [0.15, 0.2) is 0 Å². The molecule has 0 radical (unpaired) electrons. The van der Waals surface area contributed by atoms with E-state index in [9.17, 15) is 0 Å². The number of nitrogens with one attached hydrogen (secondary N) is 1. The maximum Gasteiger partial charge on any atom is 0.314 e. The third kappa shape index (κ3) is 29.6.